The fraction of sp³-hybridized carbons (Fsp3) is 0.412. The number of hydrogen-bond acceptors (Lipinski definition) is 8. The number of rotatable bonds is 3. The number of aromatic nitrogens is 4. The molecule has 0 spiro atoms. The van der Waals surface area contributed by atoms with Crippen molar-refractivity contribution in [2.24, 2.45) is 11.8 Å². The standard InChI is InChI=1S/C17H18N6O2S2/c1-11-5-6-18-17(19-11)22-7-12-9-23(10-13(12)8-22)27(24,25)15-4-2-3-14-16(15)21-26-20-14/h2-6,12-13H,7-10H2,1H3. The Morgan fingerprint density at radius 3 is 2.59 bits per heavy atom. The second-order valence-corrected chi connectivity index (χ2v) is 9.57. The summed E-state index contributed by atoms with van der Waals surface area (Å²) in [6, 6.07) is 7.02. The van der Waals surface area contributed by atoms with Crippen molar-refractivity contribution in [1.29, 1.82) is 0 Å². The summed E-state index contributed by atoms with van der Waals surface area (Å²) in [4.78, 5) is 11.3. The van der Waals surface area contributed by atoms with Crippen LogP contribution in [0, 0.1) is 18.8 Å². The predicted octanol–water partition coefficient (Wildman–Crippen LogP) is 1.55. The molecule has 2 atom stereocenters. The van der Waals surface area contributed by atoms with Crippen molar-refractivity contribution < 1.29 is 8.42 Å². The van der Waals surface area contributed by atoms with E-state index >= 15 is 0 Å². The van der Waals surface area contributed by atoms with Crippen molar-refractivity contribution >= 4 is 38.7 Å². The zero-order valence-corrected chi connectivity index (χ0v) is 16.3. The second kappa shape index (κ2) is 6.18. The van der Waals surface area contributed by atoms with E-state index in [4.69, 9.17) is 0 Å². The maximum atomic E-state index is 13.2. The van der Waals surface area contributed by atoms with Crippen molar-refractivity contribution in [2.75, 3.05) is 31.1 Å². The maximum absolute atomic E-state index is 13.2. The highest BCUT2D eigenvalue weighted by molar-refractivity contribution is 7.89. The van der Waals surface area contributed by atoms with Gasteiger partial charge in [-0.05, 0) is 37.0 Å². The largest absolute Gasteiger partial charge is 0.340 e. The molecule has 2 fully saturated rings. The van der Waals surface area contributed by atoms with Crippen LogP contribution in [0.15, 0.2) is 35.4 Å². The van der Waals surface area contributed by atoms with Gasteiger partial charge in [-0.25, -0.2) is 18.4 Å². The lowest BCUT2D eigenvalue weighted by Gasteiger charge is -2.21. The van der Waals surface area contributed by atoms with Crippen LogP contribution in [0.1, 0.15) is 5.69 Å². The summed E-state index contributed by atoms with van der Waals surface area (Å²) in [5, 5.41) is 0. The summed E-state index contributed by atoms with van der Waals surface area (Å²) in [5.74, 6) is 1.31. The molecule has 5 rings (SSSR count). The molecule has 4 heterocycles. The molecule has 2 unspecified atom stereocenters. The van der Waals surface area contributed by atoms with Crippen LogP contribution in [0.25, 0.3) is 11.0 Å². The lowest BCUT2D eigenvalue weighted by molar-refractivity contribution is 0.453. The molecule has 2 aromatic heterocycles. The first-order valence-electron chi connectivity index (χ1n) is 8.78. The molecule has 0 radical (unpaired) electrons. The van der Waals surface area contributed by atoms with Crippen LogP contribution in [0.3, 0.4) is 0 Å². The molecule has 140 valence electrons. The summed E-state index contributed by atoms with van der Waals surface area (Å²) in [6.45, 7) is 4.54. The number of nitrogens with zero attached hydrogens (tertiary/aromatic N) is 6. The van der Waals surface area contributed by atoms with Gasteiger partial charge >= 0.3 is 0 Å². The van der Waals surface area contributed by atoms with E-state index in [1.165, 1.54) is 0 Å². The lowest BCUT2D eigenvalue weighted by atomic mass is 10.0. The molecule has 27 heavy (non-hydrogen) atoms. The summed E-state index contributed by atoms with van der Waals surface area (Å²) in [6.07, 6.45) is 1.77. The Balaban J connectivity index is 1.37. The van der Waals surface area contributed by atoms with Crippen LogP contribution in [0.5, 0.6) is 0 Å². The highest BCUT2D eigenvalue weighted by atomic mass is 32.2. The van der Waals surface area contributed by atoms with Crippen LogP contribution in [-0.4, -0.2) is 57.6 Å². The maximum Gasteiger partial charge on any atom is 0.245 e. The van der Waals surface area contributed by atoms with E-state index in [0.717, 1.165) is 36.5 Å². The van der Waals surface area contributed by atoms with Crippen molar-refractivity contribution in [3.8, 4) is 0 Å². The third-order valence-electron chi connectivity index (χ3n) is 5.38. The Bertz CT molecular complexity index is 1100. The van der Waals surface area contributed by atoms with Gasteiger partial charge in [-0.15, -0.1) is 0 Å². The molecule has 3 aromatic rings. The molecule has 2 saturated heterocycles. The van der Waals surface area contributed by atoms with Crippen LogP contribution in [-0.2, 0) is 10.0 Å². The molecule has 0 bridgehead atoms. The molecular weight excluding hydrogens is 384 g/mol. The summed E-state index contributed by atoms with van der Waals surface area (Å²) in [7, 11) is -3.58. The Morgan fingerprint density at radius 1 is 1.07 bits per heavy atom. The summed E-state index contributed by atoms with van der Waals surface area (Å²) in [5.41, 5.74) is 2.03. The number of benzene rings is 1. The van der Waals surface area contributed by atoms with Crippen LogP contribution >= 0.6 is 11.7 Å². The summed E-state index contributed by atoms with van der Waals surface area (Å²) < 4.78 is 36.3. The SMILES string of the molecule is Cc1ccnc(N2CC3CN(S(=O)(=O)c4cccc5nsnc45)CC3C2)n1. The van der Waals surface area contributed by atoms with Crippen molar-refractivity contribution in [3.05, 3.63) is 36.2 Å². The quantitative estimate of drug-likeness (QED) is 0.656. The molecule has 0 saturated carbocycles. The number of sulfonamides is 1. The van der Waals surface area contributed by atoms with Gasteiger partial charge in [0.25, 0.3) is 0 Å². The van der Waals surface area contributed by atoms with Crippen LogP contribution < -0.4 is 4.90 Å². The molecule has 0 aliphatic carbocycles. The minimum absolute atomic E-state index is 0.257. The van der Waals surface area contributed by atoms with E-state index in [1.807, 2.05) is 13.0 Å². The van der Waals surface area contributed by atoms with E-state index in [0.29, 0.717) is 24.1 Å². The van der Waals surface area contributed by atoms with E-state index in [-0.39, 0.29) is 16.7 Å². The number of hydrogen-bond donors (Lipinski definition) is 0. The topological polar surface area (TPSA) is 92.2 Å². The second-order valence-electron chi connectivity index (χ2n) is 7.13. The number of fused-ring (bicyclic) bond motifs is 2. The third-order valence-corrected chi connectivity index (χ3v) is 7.79. The van der Waals surface area contributed by atoms with Gasteiger partial charge in [0.2, 0.25) is 16.0 Å². The number of aryl methyl sites for hydroxylation is 1. The van der Waals surface area contributed by atoms with Gasteiger partial charge < -0.3 is 4.90 Å². The first-order chi connectivity index (χ1) is 13.0. The Morgan fingerprint density at radius 2 is 1.85 bits per heavy atom. The fourth-order valence-corrected chi connectivity index (χ4v) is 6.33. The van der Waals surface area contributed by atoms with Gasteiger partial charge in [-0.2, -0.15) is 13.1 Å². The molecule has 10 heteroatoms. The average Bonchev–Trinajstić information content (AvgIpc) is 3.35. The molecule has 0 N–H and O–H groups in total. The summed E-state index contributed by atoms with van der Waals surface area (Å²) >= 11 is 1.04. The fourth-order valence-electron chi connectivity index (χ4n) is 4.03. The van der Waals surface area contributed by atoms with Gasteiger partial charge in [0.1, 0.15) is 15.9 Å². The predicted molar refractivity (Wildman–Crippen MR) is 102 cm³/mol. The van der Waals surface area contributed by atoms with Crippen molar-refractivity contribution in [2.45, 2.75) is 11.8 Å². The molecule has 0 amide bonds. The Labute approximate surface area is 161 Å². The Hall–Kier alpha value is -2.17. The zero-order chi connectivity index (χ0) is 18.6. The van der Waals surface area contributed by atoms with Gasteiger partial charge in [0.05, 0.1) is 11.7 Å². The molecule has 1 aromatic carbocycles. The smallest absolute Gasteiger partial charge is 0.245 e. The lowest BCUT2D eigenvalue weighted by Crippen LogP contribution is -2.34. The van der Waals surface area contributed by atoms with Gasteiger partial charge in [-0.3, -0.25) is 0 Å². The number of anilines is 1. The minimum atomic E-state index is -3.58. The van der Waals surface area contributed by atoms with Gasteiger partial charge in [0, 0.05) is 38.1 Å². The van der Waals surface area contributed by atoms with E-state index in [1.54, 1.807) is 28.7 Å². The van der Waals surface area contributed by atoms with E-state index < -0.39 is 10.0 Å². The van der Waals surface area contributed by atoms with Crippen LogP contribution in [0.2, 0.25) is 0 Å². The highest BCUT2D eigenvalue weighted by Crippen LogP contribution is 2.36. The third kappa shape index (κ3) is 2.79. The molecule has 8 nitrogen and oxygen atoms in total. The molecular formula is C17H18N6O2S2. The average molecular weight is 403 g/mol. The normalized spacial score (nSPS) is 23.2. The zero-order valence-electron chi connectivity index (χ0n) is 14.7. The molecule has 2 aliphatic rings. The minimum Gasteiger partial charge on any atom is -0.340 e. The first kappa shape index (κ1) is 17.0. The van der Waals surface area contributed by atoms with Crippen molar-refractivity contribution in [3.63, 3.8) is 0 Å². The highest BCUT2D eigenvalue weighted by Gasteiger charge is 2.45. The van der Waals surface area contributed by atoms with Gasteiger partial charge in [0.15, 0.2) is 0 Å². The van der Waals surface area contributed by atoms with E-state index in [9.17, 15) is 8.42 Å². The monoisotopic (exact) mass is 402 g/mol. The van der Waals surface area contributed by atoms with Crippen molar-refractivity contribution in [1.82, 2.24) is 23.0 Å². The molecule has 2 aliphatic heterocycles. The Kier molecular flexibility index (Phi) is 3.88. The van der Waals surface area contributed by atoms with Gasteiger partial charge in [-0.1, -0.05) is 6.07 Å². The first-order valence-corrected chi connectivity index (χ1v) is 11.0. The van der Waals surface area contributed by atoms with Crippen LogP contribution in [0.4, 0.5) is 5.95 Å². The van der Waals surface area contributed by atoms with E-state index in [2.05, 4.69) is 23.6 Å².